The highest BCUT2D eigenvalue weighted by atomic mass is 16.4. The molecule has 1 unspecified atom stereocenters. The molecule has 4 nitrogen and oxygen atoms in total. The number of hydrogen-bond acceptors (Lipinski definition) is 2. The van der Waals surface area contributed by atoms with E-state index in [2.05, 4.69) is 16.5 Å². The summed E-state index contributed by atoms with van der Waals surface area (Å²) in [5, 5.41) is 9.19. The van der Waals surface area contributed by atoms with Crippen LogP contribution in [0.1, 0.15) is 61.8 Å². The van der Waals surface area contributed by atoms with Crippen molar-refractivity contribution in [2.45, 2.75) is 51.5 Å². The Morgan fingerprint density at radius 2 is 2.14 bits per heavy atom. The minimum Gasteiger partial charge on any atom is -0.478 e. The van der Waals surface area contributed by atoms with Crippen molar-refractivity contribution >= 4 is 17.0 Å². The molecule has 0 radical (unpaired) electrons. The smallest absolute Gasteiger partial charge is 0.335 e. The van der Waals surface area contributed by atoms with Crippen LogP contribution >= 0.6 is 0 Å². The lowest BCUT2D eigenvalue weighted by Crippen LogP contribution is -2.20. The summed E-state index contributed by atoms with van der Waals surface area (Å²) in [6.07, 6.45) is 9.48. The molecule has 3 rings (SSSR count). The quantitative estimate of drug-likeness (QED) is 0.913. The Labute approximate surface area is 124 Å². The Kier molecular flexibility index (Phi) is 3.95. The van der Waals surface area contributed by atoms with Crippen LogP contribution in [0.3, 0.4) is 0 Å². The largest absolute Gasteiger partial charge is 0.478 e. The van der Waals surface area contributed by atoms with E-state index < -0.39 is 5.97 Å². The number of nitrogens with zero attached hydrogens (tertiary/aromatic N) is 2. The molecule has 1 fully saturated rings. The molecular weight excluding hydrogens is 264 g/mol. The molecule has 0 saturated heterocycles. The zero-order valence-electron chi connectivity index (χ0n) is 12.5. The SMILES string of the molecule is CCC(C1CCCCC1)n1cnc2ccc(C(=O)O)cc21. The van der Waals surface area contributed by atoms with Gasteiger partial charge in [0.15, 0.2) is 0 Å². The van der Waals surface area contributed by atoms with Gasteiger partial charge in [-0.2, -0.15) is 0 Å². The summed E-state index contributed by atoms with van der Waals surface area (Å²) < 4.78 is 2.21. The Morgan fingerprint density at radius 3 is 2.81 bits per heavy atom. The first-order chi connectivity index (χ1) is 10.2. The molecule has 2 aromatic rings. The van der Waals surface area contributed by atoms with Crippen molar-refractivity contribution in [3.63, 3.8) is 0 Å². The molecule has 1 atom stereocenters. The van der Waals surface area contributed by atoms with Crippen molar-refractivity contribution in [2.24, 2.45) is 5.92 Å². The van der Waals surface area contributed by atoms with E-state index in [9.17, 15) is 9.90 Å². The Bertz CT molecular complexity index is 641. The maximum Gasteiger partial charge on any atom is 0.335 e. The summed E-state index contributed by atoms with van der Waals surface area (Å²) in [4.78, 5) is 15.6. The lowest BCUT2D eigenvalue weighted by atomic mass is 9.82. The molecule has 0 spiro atoms. The van der Waals surface area contributed by atoms with Crippen molar-refractivity contribution < 1.29 is 9.90 Å². The fourth-order valence-electron chi connectivity index (χ4n) is 3.70. The van der Waals surface area contributed by atoms with Crippen molar-refractivity contribution in [3.8, 4) is 0 Å². The predicted molar refractivity (Wildman–Crippen MR) is 82.6 cm³/mol. The van der Waals surface area contributed by atoms with Crippen LogP contribution in [0.4, 0.5) is 0 Å². The monoisotopic (exact) mass is 286 g/mol. The molecule has 112 valence electrons. The summed E-state index contributed by atoms with van der Waals surface area (Å²) in [6.45, 7) is 2.21. The van der Waals surface area contributed by atoms with E-state index in [1.807, 2.05) is 12.4 Å². The van der Waals surface area contributed by atoms with Gasteiger partial charge in [0.05, 0.1) is 22.9 Å². The van der Waals surface area contributed by atoms with Crippen LogP contribution in [0, 0.1) is 5.92 Å². The van der Waals surface area contributed by atoms with Gasteiger partial charge in [0.2, 0.25) is 0 Å². The number of aromatic nitrogens is 2. The molecule has 1 N–H and O–H groups in total. The van der Waals surface area contributed by atoms with Crippen LogP contribution in [0.15, 0.2) is 24.5 Å². The summed E-state index contributed by atoms with van der Waals surface area (Å²) in [6, 6.07) is 5.63. The number of rotatable bonds is 4. The van der Waals surface area contributed by atoms with Crippen LogP contribution in [0.5, 0.6) is 0 Å². The van der Waals surface area contributed by atoms with Gasteiger partial charge in [-0.15, -0.1) is 0 Å². The normalized spacial score (nSPS) is 18.0. The Morgan fingerprint density at radius 1 is 1.38 bits per heavy atom. The van der Waals surface area contributed by atoms with Crippen molar-refractivity contribution in [2.75, 3.05) is 0 Å². The van der Waals surface area contributed by atoms with Crippen molar-refractivity contribution in [1.82, 2.24) is 9.55 Å². The second-order valence-corrected chi connectivity index (χ2v) is 6.03. The average molecular weight is 286 g/mol. The fourth-order valence-corrected chi connectivity index (χ4v) is 3.70. The lowest BCUT2D eigenvalue weighted by molar-refractivity contribution is 0.0697. The van der Waals surface area contributed by atoms with Crippen LogP contribution < -0.4 is 0 Å². The molecular formula is C17H22N2O2. The highest BCUT2D eigenvalue weighted by Gasteiger charge is 2.25. The van der Waals surface area contributed by atoms with Crippen molar-refractivity contribution in [1.29, 1.82) is 0 Å². The number of benzene rings is 1. The summed E-state index contributed by atoms with van der Waals surface area (Å²) in [5.74, 6) is -0.190. The highest BCUT2D eigenvalue weighted by molar-refractivity contribution is 5.92. The first kappa shape index (κ1) is 14.1. The first-order valence-electron chi connectivity index (χ1n) is 7.90. The number of imidazole rings is 1. The standard InChI is InChI=1S/C17H22N2O2/c1-2-15(12-6-4-3-5-7-12)19-11-18-14-9-8-13(17(20)21)10-16(14)19/h8-12,15H,2-7H2,1H3,(H,20,21). The van der Waals surface area contributed by atoms with Gasteiger partial charge >= 0.3 is 5.97 Å². The summed E-state index contributed by atoms with van der Waals surface area (Å²) in [7, 11) is 0. The molecule has 1 aliphatic carbocycles. The number of fused-ring (bicyclic) bond motifs is 1. The maximum absolute atomic E-state index is 11.2. The van der Waals surface area contributed by atoms with Gasteiger partial charge in [-0.25, -0.2) is 9.78 Å². The molecule has 1 aliphatic rings. The van der Waals surface area contributed by atoms with Gasteiger partial charge in [-0.05, 0) is 43.4 Å². The van der Waals surface area contributed by atoms with Gasteiger partial charge in [0.1, 0.15) is 0 Å². The number of hydrogen-bond donors (Lipinski definition) is 1. The number of carboxylic acid groups (broad SMARTS) is 1. The molecule has 1 aromatic heterocycles. The average Bonchev–Trinajstić information content (AvgIpc) is 2.92. The zero-order valence-corrected chi connectivity index (χ0v) is 12.5. The zero-order chi connectivity index (χ0) is 14.8. The van der Waals surface area contributed by atoms with Crippen LogP contribution in [0.25, 0.3) is 11.0 Å². The molecule has 0 amide bonds. The first-order valence-corrected chi connectivity index (χ1v) is 7.90. The van der Waals surface area contributed by atoms with Crippen molar-refractivity contribution in [3.05, 3.63) is 30.1 Å². The Balaban J connectivity index is 2.00. The van der Waals surface area contributed by atoms with Gasteiger partial charge < -0.3 is 9.67 Å². The van der Waals surface area contributed by atoms with E-state index in [0.29, 0.717) is 17.5 Å². The fraction of sp³-hybridized carbons (Fsp3) is 0.529. The topological polar surface area (TPSA) is 55.1 Å². The summed E-state index contributed by atoms with van der Waals surface area (Å²) in [5.41, 5.74) is 2.17. The number of aromatic carboxylic acids is 1. The molecule has 21 heavy (non-hydrogen) atoms. The second kappa shape index (κ2) is 5.88. The maximum atomic E-state index is 11.2. The van der Waals surface area contributed by atoms with Gasteiger partial charge in [0.25, 0.3) is 0 Å². The van der Waals surface area contributed by atoms with E-state index in [1.165, 1.54) is 32.1 Å². The minimum atomic E-state index is -0.879. The molecule has 4 heteroatoms. The van der Waals surface area contributed by atoms with Gasteiger partial charge in [-0.1, -0.05) is 26.2 Å². The van der Waals surface area contributed by atoms with E-state index in [1.54, 1.807) is 12.1 Å². The van der Waals surface area contributed by atoms with Crippen LogP contribution in [-0.4, -0.2) is 20.6 Å². The minimum absolute atomic E-state index is 0.336. The Hall–Kier alpha value is -1.84. The summed E-state index contributed by atoms with van der Waals surface area (Å²) >= 11 is 0. The molecule has 1 aromatic carbocycles. The number of carboxylic acids is 1. The third-order valence-corrected chi connectivity index (χ3v) is 4.79. The second-order valence-electron chi connectivity index (χ2n) is 6.03. The third-order valence-electron chi connectivity index (χ3n) is 4.79. The van der Waals surface area contributed by atoms with E-state index in [-0.39, 0.29) is 0 Å². The van der Waals surface area contributed by atoms with E-state index >= 15 is 0 Å². The molecule has 1 saturated carbocycles. The third kappa shape index (κ3) is 2.67. The predicted octanol–water partition coefficient (Wildman–Crippen LogP) is 4.27. The van der Waals surface area contributed by atoms with Gasteiger partial charge in [-0.3, -0.25) is 0 Å². The van der Waals surface area contributed by atoms with E-state index in [4.69, 9.17) is 0 Å². The van der Waals surface area contributed by atoms with Crippen LogP contribution in [0.2, 0.25) is 0 Å². The molecule has 0 aliphatic heterocycles. The molecule has 0 bridgehead atoms. The van der Waals surface area contributed by atoms with Gasteiger partial charge in [0, 0.05) is 6.04 Å². The van der Waals surface area contributed by atoms with E-state index in [0.717, 1.165) is 17.5 Å². The molecule has 1 heterocycles. The highest BCUT2D eigenvalue weighted by Crippen LogP contribution is 2.36. The number of carbonyl (C=O) groups is 1. The van der Waals surface area contributed by atoms with Crippen LogP contribution in [-0.2, 0) is 0 Å². The lowest BCUT2D eigenvalue weighted by Gasteiger charge is -2.31.